The number of aromatic amines is 2. The van der Waals surface area contributed by atoms with Gasteiger partial charge >= 0.3 is 5.69 Å². The van der Waals surface area contributed by atoms with Crippen molar-refractivity contribution in [1.29, 1.82) is 0 Å². The van der Waals surface area contributed by atoms with Crippen molar-refractivity contribution < 1.29 is 13.5 Å². The van der Waals surface area contributed by atoms with Crippen LogP contribution < -0.4 is 16.0 Å². The predicted molar refractivity (Wildman–Crippen MR) is 66.2 cm³/mol. The van der Waals surface area contributed by atoms with Crippen molar-refractivity contribution in [3.63, 3.8) is 0 Å². The first kappa shape index (κ1) is 14.0. The Morgan fingerprint density at radius 2 is 2.11 bits per heavy atom. The van der Waals surface area contributed by atoms with E-state index < -0.39 is 32.3 Å². The lowest BCUT2D eigenvalue weighted by Gasteiger charge is -2.14. The van der Waals surface area contributed by atoms with E-state index in [1.807, 2.05) is 4.98 Å². The lowest BCUT2D eigenvalue weighted by molar-refractivity contribution is 0.134. The lowest BCUT2D eigenvalue weighted by Crippen LogP contribution is -2.36. The minimum absolute atomic E-state index is 0.0715. The molecule has 2 atom stereocenters. The van der Waals surface area contributed by atoms with Gasteiger partial charge in [0.1, 0.15) is 0 Å². The van der Waals surface area contributed by atoms with Crippen molar-refractivity contribution in [2.75, 3.05) is 6.54 Å². The summed E-state index contributed by atoms with van der Waals surface area (Å²) in [5, 5.41) is 9.60. The highest BCUT2D eigenvalue weighted by molar-refractivity contribution is 7.89. The van der Waals surface area contributed by atoms with E-state index in [0.717, 1.165) is 19.0 Å². The highest BCUT2D eigenvalue weighted by Gasteiger charge is 2.27. The summed E-state index contributed by atoms with van der Waals surface area (Å²) in [5.41, 5.74) is -1.74. The third-order valence-electron chi connectivity index (χ3n) is 3.23. The van der Waals surface area contributed by atoms with Crippen LogP contribution in [0.1, 0.15) is 19.3 Å². The molecule has 19 heavy (non-hydrogen) atoms. The fourth-order valence-electron chi connectivity index (χ4n) is 2.15. The van der Waals surface area contributed by atoms with Crippen LogP contribution in [0.25, 0.3) is 0 Å². The smallest absolute Gasteiger partial charge is 0.325 e. The Morgan fingerprint density at radius 3 is 2.68 bits per heavy atom. The maximum absolute atomic E-state index is 11.9. The van der Waals surface area contributed by atoms with Gasteiger partial charge in [0, 0.05) is 12.7 Å². The SMILES string of the molecule is O=c1[nH]cc(S(=O)(=O)NCC2CCCC2O)c(=O)[nH]1. The molecule has 4 N–H and O–H groups in total. The average Bonchev–Trinajstić information content (AvgIpc) is 2.72. The Morgan fingerprint density at radius 1 is 1.37 bits per heavy atom. The van der Waals surface area contributed by atoms with E-state index in [1.165, 1.54) is 0 Å². The number of nitrogens with one attached hydrogen (secondary N) is 3. The first-order chi connectivity index (χ1) is 8.90. The Labute approximate surface area is 108 Å². The first-order valence-electron chi connectivity index (χ1n) is 5.90. The topological polar surface area (TPSA) is 132 Å². The summed E-state index contributed by atoms with van der Waals surface area (Å²) >= 11 is 0. The predicted octanol–water partition coefficient (Wildman–Crippen LogP) is -1.50. The lowest BCUT2D eigenvalue weighted by atomic mass is 10.1. The molecule has 0 bridgehead atoms. The summed E-state index contributed by atoms with van der Waals surface area (Å²) < 4.78 is 26.1. The van der Waals surface area contributed by atoms with E-state index in [-0.39, 0.29) is 12.5 Å². The summed E-state index contributed by atoms with van der Waals surface area (Å²) in [7, 11) is -3.99. The zero-order chi connectivity index (χ0) is 14.0. The number of hydrogen-bond acceptors (Lipinski definition) is 5. The number of sulfonamides is 1. The van der Waals surface area contributed by atoms with Gasteiger partial charge in [0.25, 0.3) is 5.56 Å². The Kier molecular flexibility index (Phi) is 3.88. The maximum atomic E-state index is 11.9. The van der Waals surface area contributed by atoms with Crippen molar-refractivity contribution in [2.24, 2.45) is 5.92 Å². The zero-order valence-corrected chi connectivity index (χ0v) is 10.9. The second kappa shape index (κ2) is 5.27. The van der Waals surface area contributed by atoms with E-state index in [4.69, 9.17) is 0 Å². The van der Waals surface area contributed by atoms with Crippen LogP contribution in [0.5, 0.6) is 0 Å². The van der Waals surface area contributed by atoms with Crippen LogP contribution in [0, 0.1) is 5.92 Å². The van der Waals surface area contributed by atoms with Gasteiger partial charge in [0.2, 0.25) is 10.0 Å². The van der Waals surface area contributed by atoms with Gasteiger partial charge in [-0.3, -0.25) is 9.78 Å². The van der Waals surface area contributed by atoms with Crippen molar-refractivity contribution in [1.82, 2.24) is 14.7 Å². The minimum Gasteiger partial charge on any atom is -0.393 e. The number of aliphatic hydroxyl groups excluding tert-OH is 1. The zero-order valence-electron chi connectivity index (χ0n) is 10.0. The van der Waals surface area contributed by atoms with E-state index in [0.29, 0.717) is 6.42 Å². The number of rotatable bonds is 4. The van der Waals surface area contributed by atoms with Crippen LogP contribution in [-0.4, -0.2) is 36.1 Å². The number of aliphatic hydroxyl groups is 1. The van der Waals surface area contributed by atoms with Gasteiger partial charge in [-0.2, -0.15) is 0 Å². The van der Waals surface area contributed by atoms with Crippen LogP contribution in [0.4, 0.5) is 0 Å². The van der Waals surface area contributed by atoms with E-state index in [9.17, 15) is 23.1 Å². The van der Waals surface area contributed by atoms with Crippen LogP contribution in [0.15, 0.2) is 20.7 Å². The van der Waals surface area contributed by atoms with Crippen molar-refractivity contribution in [3.8, 4) is 0 Å². The van der Waals surface area contributed by atoms with Crippen LogP contribution in [0.2, 0.25) is 0 Å². The average molecular weight is 289 g/mol. The van der Waals surface area contributed by atoms with Gasteiger partial charge in [-0.1, -0.05) is 6.42 Å². The molecule has 8 nitrogen and oxygen atoms in total. The highest BCUT2D eigenvalue weighted by Crippen LogP contribution is 2.24. The molecular formula is C10H15N3O5S. The molecule has 1 aromatic heterocycles. The first-order valence-corrected chi connectivity index (χ1v) is 7.38. The van der Waals surface area contributed by atoms with Gasteiger partial charge in [0.15, 0.2) is 4.90 Å². The van der Waals surface area contributed by atoms with Crippen molar-refractivity contribution in [3.05, 3.63) is 27.0 Å². The molecule has 2 unspecified atom stereocenters. The highest BCUT2D eigenvalue weighted by atomic mass is 32.2. The largest absolute Gasteiger partial charge is 0.393 e. The summed E-state index contributed by atoms with van der Waals surface area (Å²) in [6, 6.07) is 0. The fourth-order valence-corrected chi connectivity index (χ4v) is 3.25. The molecule has 0 amide bonds. The molecule has 0 aliphatic heterocycles. The molecule has 0 radical (unpaired) electrons. The van der Waals surface area contributed by atoms with Crippen LogP contribution >= 0.6 is 0 Å². The van der Waals surface area contributed by atoms with Gasteiger partial charge in [-0.25, -0.2) is 17.9 Å². The molecule has 0 saturated heterocycles. The maximum Gasteiger partial charge on any atom is 0.325 e. The quantitative estimate of drug-likeness (QED) is 0.535. The normalized spacial score (nSPS) is 23.6. The molecule has 1 aliphatic carbocycles. The third kappa shape index (κ3) is 3.11. The molecule has 0 spiro atoms. The molecule has 1 heterocycles. The number of aromatic nitrogens is 2. The van der Waals surface area contributed by atoms with E-state index in [1.54, 1.807) is 0 Å². The Balaban J connectivity index is 2.14. The van der Waals surface area contributed by atoms with Crippen LogP contribution in [0.3, 0.4) is 0 Å². The molecule has 1 aliphatic rings. The number of H-pyrrole nitrogens is 2. The summed E-state index contributed by atoms with van der Waals surface area (Å²) in [5.74, 6) is -0.142. The van der Waals surface area contributed by atoms with Gasteiger partial charge < -0.3 is 10.1 Å². The summed E-state index contributed by atoms with van der Waals surface area (Å²) in [4.78, 5) is 25.6. The Hall–Kier alpha value is -1.45. The van der Waals surface area contributed by atoms with Crippen LogP contribution in [-0.2, 0) is 10.0 Å². The van der Waals surface area contributed by atoms with Gasteiger partial charge in [0.05, 0.1) is 6.10 Å². The Bertz CT molecular complexity index is 662. The van der Waals surface area contributed by atoms with Crippen molar-refractivity contribution in [2.45, 2.75) is 30.3 Å². The molecule has 1 aromatic rings. The molecule has 0 aromatic carbocycles. The molecule has 2 rings (SSSR count). The standard InChI is InChI=1S/C10H15N3O5S/c14-7-3-1-2-6(7)4-12-19(17,18)8-5-11-10(16)13-9(8)15/h5-7,12,14H,1-4H2,(H2,11,13,15,16). The van der Waals surface area contributed by atoms with Gasteiger partial charge in [-0.15, -0.1) is 0 Å². The molecule has 106 valence electrons. The molecular weight excluding hydrogens is 274 g/mol. The number of hydrogen-bond donors (Lipinski definition) is 4. The molecule has 9 heteroatoms. The monoisotopic (exact) mass is 289 g/mol. The van der Waals surface area contributed by atoms with E-state index >= 15 is 0 Å². The fraction of sp³-hybridized carbons (Fsp3) is 0.600. The second-order valence-electron chi connectivity index (χ2n) is 4.55. The second-order valence-corrected chi connectivity index (χ2v) is 6.28. The van der Waals surface area contributed by atoms with Crippen molar-refractivity contribution >= 4 is 10.0 Å². The van der Waals surface area contributed by atoms with Gasteiger partial charge in [-0.05, 0) is 18.8 Å². The minimum atomic E-state index is -3.99. The third-order valence-corrected chi connectivity index (χ3v) is 4.66. The molecule has 1 fully saturated rings. The molecule has 1 saturated carbocycles. The van der Waals surface area contributed by atoms with E-state index in [2.05, 4.69) is 9.71 Å². The summed E-state index contributed by atoms with van der Waals surface area (Å²) in [6.07, 6.45) is 2.59. The summed E-state index contributed by atoms with van der Waals surface area (Å²) in [6.45, 7) is 0.0715.